The third kappa shape index (κ3) is 3.67. The van der Waals surface area contributed by atoms with Crippen molar-refractivity contribution in [1.29, 1.82) is 0 Å². The molecule has 0 bridgehead atoms. The topological polar surface area (TPSA) is 84.1 Å². The van der Waals surface area contributed by atoms with Gasteiger partial charge in [-0.15, -0.1) is 0 Å². The van der Waals surface area contributed by atoms with Crippen LogP contribution in [0.4, 0.5) is 0 Å². The van der Waals surface area contributed by atoms with Gasteiger partial charge in [0, 0.05) is 32.2 Å². The Morgan fingerprint density at radius 3 is 2.86 bits per heavy atom. The summed E-state index contributed by atoms with van der Waals surface area (Å²) in [6.45, 7) is 2.51. The Balaban J connectivity index is 2.24. The highest BCUT2D eigenvalue weighted by molar-refractivity contribution is 5.94. The van der Waals surface area contributed by atoms with E-state index in [1.165, 1.54) is 6.33 Å². The maximum atomic E-state index is 12.8. The van der Waals surface area contributed by atoms with Crippen molar-refractivity contribution < 1.29 is 9.90 Å². The minimum atomic E-state index is -0.180. The van der Waals surface area contributed by atoms with Crippen LogP contribution >= 0.6 is 0 Å². The monoisotopic (exact) mass is 303 g/mol. The van der Waals surface area contributed by atoms with Crippen molar-refractivity contribution in [3.8, 4) is 0 Å². The predicted octanol–water partition coefficient (Wildman–Crippen LogP) is 0.797. The summed E-state index contributed by atoms with van der Waals surface area (Å²) in [7, 11) is 1.87. The molecule has 2 aromatic rings. The number of aliphatic hydroxyl groups is 1. The molecule has 0 aliphatic rings. The predicted molar refractivity (Wildman–Crippen MR) is 81.1 cm³/mol. The van der Waals surface area contributed by atoms with Crippen LogP contribution in [0.1, 0.15) is 35.2 Å². The number of rotatable bonds is 7. The number of hydrogen-bond acceptors (Lipinski definition) is 5. The number of aliphatic hydroxyl groups excluding tert-OH is 1. The number of carbonyl (C=O) groups excluding carboxylic acids is 1. The molecule has 2 heterocycles. The third-order valence-corrected chi connectivity index (χ3v) is 3.42. The van der Waals surface area contributed by atoms with Crippen molar-refractivity contribution in [2.75, 3.05) is 13.2 Å². The van der Waals surface area contributed by atoms with Crippen LogP contribution in [0.25, 0.3) is 0 Å². The molecule has 0 saturated heterocycles. The van der Waals surface area contributed by atoms with E-state index in [0.717, 1.165) is 24.4 Å². The van der Waals surface area contributed by atoms with Crippen LogP contribution < -0.4 is 0 Å². The van der Waals surface area contributed by atoms with Crippen molar-refractivity contribution in [2.45, 2.75) is 26.3 Å². The smallest absolute Gasteiger partial charge is 0.257 e. The third-order valence-electron chi connectivity index (χ3n) is 3.42. The first kappa shape index (κ1) is 16.1. The molecule has 0 aliphatic heterocycles. The molecule has 0 unspecified atom stereocenters. The summed E-state index contributed by atoms with van der Waals surface area (Å²) < 4.78 is 1.85. The Morgan fingerprint density at radius 2 is 2.23 bits per heavy atom. The van der Waals surface area contributed by atoms with Gasteiger partial charge in [-0.1, -0.05) is 13.3 Å². The maximum Gasteiger partial charge on any atom is 0.257 e. The van der Waals surface area contributed by atoms with Gasteiger partial charge in [0.15, 0.2) is 0 Å². The summed E-state index contributed by atoms with van der Waals surface area (Å²) in [5, 5.41) is 9.25. The second kappa shape index (κ2) is 7.65. The lowest BCUT2D eigenvalue weighted by Gasteiger charge is -2.22. The van der Waals surface area contributed by atoms with Gasteiger partial charge in [-0.3, -0.25) is 4.79 Å². The molecule has 1 amide bonds. The molecule has 0 atom stereocenters. The minimum absolute atomic E-state index is 0.104. The molecule has 7 heteroatoms. The first-order chi connectivity index (χ1) is 10.7. The Morgan fingerprint density at radius 1 is 1.41 bits per heavy atom. The standard InChI is InChI=1S/C15H21N5O2/c1-3-4-13-12(9-16-11-18-13)15(22)20(7-8-21)10-14-17-5-6-19(14)2/h5-6,9,11,21H,3-4,7-8,10H2,1-2H3. The second-order valence-corrected chi connectivity index (χ2v) is 5.04. The summed E-state index contributed by atoms with van der Waals surface area (Å²) in [6.07, 6.45) is 8.13. The highest BCUT2D eigenvalue weighted by Gasteiger charge is 2.20. The molecule has 0 aromatic carbocycles. The molecule has 2 rings (SSSR count). The molecular formula is C15H21N5O2. The van der Waals surface area contributed by atoms with Crippen molar-refractivity contribution in [3.63, 3.8) is 0 Å². The van der Waals surface area contributed by atoms with E-state index in [1.54, 1.807) is 17.3 Å². The number of aromatic nitrogens is 4. The quantitative estimate of drug-likeness (QED) is 0.818. The lowest BCUT2D eigenvalue weighted by atomic mass is 10.1. The van der Waals surface area contributed by atoms with Gasteiger partial charge in [-0.25, -0.2) is 15.0 Å². The maximum absolute atomic E-state index is 12.8. The Kier molecular flexibility index (Phi) is 5.60. The Bertz CT molecular complexity index is 626. The van der Waals surface area contributed by atoms with E-state index in [9.17, 15) is 9.90 Å². The van der Waals surface area contributed by atoms with Crippen LogP contribution in [0.2, 0.25) is 0 Å². The zero-order valence-electron chi connectivity index (χ0n) is 12.9. The molecule has 22 heavy (non-hydrogen) atoms. The van der Waals surface area contributed by atoms with Gasteiger partial charge in [-0.2, -0.15) is 0 Å². The van der Waals surface area contributed by atoms with E-state index < -0.39 is 0 Å². The van der Waals surface area contributed by atoms with Crippen LogP contribution in [-0.2, 0) is 20.0 Å². The van der Waals surface area contributed by atoms with E-state index in [1.807, 2.05) is 24.7 Å². The number of imidazole rings is 1. The Hall–Kier alpha value is -2.28. The molecule has 118 valence electrons. The van der Waals surface area contributed by atoms with Crippen LogP contribution in [0, 0.1) is 0 Å². The van der Waals surface area contributed by atoms with Gasteiger partial charge in [0.2, 0.25) is 0 Å². The van der Waals surface area contributed by atoms with Gasteiger partial charge in [-0.05, 0) is 6.42 Å². The first-order valence-corrected chi connectivity index (χ1v) is 7.32. The van der Waals surface area contributed by atoms with E-state index in [2.05, 4.69) is 15.0 Å². The van der Waals surface area contributed by atoms with E-state index in [-0.39, 0.29) is 19.1 Å². The average Bonchev–Trinajstić information content (AvgIpc) is 2.92. The van der Waals surface area contributed by atoms with E-state index in [4.69, 9.17) is 0 Å². The zero-order chi connectivity index (χ0) is 15.9. The van der Waals surface area contributed by atoms with Gasteiger partial charge in [0.1, 0.15) is 12.2 Å². The highest BCUT2D eigenvalue weighted by atomic mass is 16.3. The molecule has 0 aliphatic carbocycles. The molecular weight excluding hydrogens is 282 g/mol. The lowest BCUT2D eigenvalue weighted by molar-refractivity contribution is 0.0699. The summed E-state index contributed by atoms with van der Waals surface area (Å²) >= 11 is 0. The fraction of sp³-hybridized carbons (Fsp3) is 0.467. The summed E-state index contributed by atoms with van der Waals surface area (Å²) in [5.41, 5.74) is 1.23. The van der Waals surface area contributed by atoms with E-state index in [0.29, 0.717) is 12.1 Å². The molecule has 0 radical (unpaired) electrons. The van der Waals surface area contributed by atoms with Gasteiger partial charge >= 0.3 is 0 Å². The van der Waals surface area contributed by atoms with E-state index >= 15 is 0 Å². The molecule has 0 fully saturated rings. The highest BCUT2D eigenvalue weighted by Crippen LogP contribution is 2.12. The summed E-state index contributed by atoms with van der Waals surface area (Å²) in [6, 6.07) is 0. The van der Waals surface area contributed by atoms with Crippen molar-refractivity contribution in [2.24, 2.45) is 7.05 Å². The second-order valence-electron chi connectivity index (χ2n) is 5.04. The van der Waals surface area contributed by atoms with Crippen LogP contribution in [0.3, 0.4) is 0 Å². The number of amides is 1. The van der Waals surface area contributed by atoms with Crippen LogP contribution in [0.5, 0.6) is 0 Å². The number of aryl methyl sites for hydroxylation is 2. The molecule has 0 saturated carbocycles. The molecule has 2 aromatic heterocycles. The number of nitrogens with zero attached hydrogens (tertiary/aromatic N) is 5. The minimum Gasteiger partial charge on any atom is -0.395 e. The van der Waals surface area contributed by atoms with Crippen molar-refractivity contribution in [3.05, 3.63) is 42.0 Å². The zero-order valence-corrected chi connectivity index (χ0v) is 12.9. The summed E-state index contributed by atoms with van der Waals surface area (Å²) in [5.74, 6) is 0.580. The van der Waals surface area contributed by atoms with Crippen LogP contribution in [-0.4, -0.2) is 48.6 Å². The molecule has 0 spiro atoms. The van der Waals surface area contributed by atoms with Crippen molar-refractivity contribution in [1.82, 2.24) is 24.4 Å². The number of carbonyl (C=O) groups is 1. The van der Waals surface area contributed by atoms with Gasteiger partial charge in [0.05, 0.1) is 24.4 Å². The molecule has 7 nitrogen and oxygen atoms in total. The van der Waals surface area contributed by atoms with Gasteiger partial charge < -0.3 is 14.6 Å². The average molecular weight is 303 g/mol. The fourth-order valence-electron chi connectivity index (χ4n) is 2.23. The molecule has 1 N–H and O–H groups in total. The normalized spacial score (nSPS) is 10.7. The SMILES string of the molecule is CCCc1ncncc1C(=O)N(CCO)Cc1nccn1C. The number of hydrogen-bond donors (Lipinski definition) is 1. The van der Waals surface area contributed by atoms with Crippen molar-refractivity contribution >= 4 is 5.91 Å². The van der Waals surface area contributed by atoms with Gasteiger partial charge in [0.25, 0.3) is 5.91 Å². The largest absolute Gasteiger partial charge is 0.395 e. The first-order valence-electron chi connectivity index (χ1n) is 7.32. The summed E-state index contributed by atoms with van der Waals surface area (Å²) in [4.78, 5) is 26.7. The Labute approximate surface area is 129 Å². The lowest BCUT2D eigenvalue weighted by Crippen LogP contribution is -2.34. The van der Waals surface area contributed by atoms with Crippen LogP contribution in [0.15, 0.2) is 24.9 Å². The fourth-order valence-corrected chi connectivity index (χ4v) is 2.23.